The maximum atomic E-state index is 11.3. The first-order valence-corrected chi connectivity index (χ1v) is 6.05. The highest BCUT2D eigenvalue weighted by Gasteiger charge is 2.06. The van der Waals surface area contributed by atoms with Crippen LogP contribution in [0.2, 0.25) is 0 Å². The van der Waals surface area contributed by atoms with Crippen LogP contribution in [0.5, 0.6) is 5.75 Å². The van der Waals surface area contributed by atoms with E-state index in [-0.39, 0.29) is 12.5 Å². The van der Waals surface area contributed by atoms with Gasteiger partial charge in [-0.1, -0.05) is 42.5 Å². The number of anilines is 1. The molecule has 0 saturated heterocycles. The Labute approximate surface area is 112 Å². The monoisotopic (exact) mass is 256 g/mol. The van der Waals surface area contributed by atoms with Crippen LogP contribution in [-0.2, 0) is 11.4 Å². The van der Waals surface area contributed by atoms with E-state index in [9.17, 15) is 4.79 Å². The largest absolute Gasteiger partial charge is 0.487 e. The molecule has 0 unspecified atom stereocenters. The molecule has 2 aromatic rings. The lowest BCUT2D eigenvalue weighted by molar-refractivity contribution is -0.114. The molecule has 0 aliphatic heterocycles. The summed E-state index contributed by atoms with van der Waals surface area (Å²) >= 11 is 0. The highest BCUT2D eigenvalue weighted by atomic mass is 16.5. The number of hydrogen-bond donors (Lipinski definition) is 2. The van der Waals surface area contributed by atoms with E-state index in [0.717, 1.165) is 5.56 Å². The molecule has 19 heavy (non-hydrogen) atoms. The van der Waals surface area contributed by atoms with Crippen LogP contribution in [0.3, 0.4) is 0 Å². The molecule has 1 amide bonds. The van der Waals surface area contributed by atoms with Crippen LogP contribution in [0, 0.1) is 0 Å². The Morgan fingerprint density at radius 2 is 1.74 bits per heavy atom. The molecule has 0 aliphatic rings. The Morgan fingerprint density at radius 1 is 1.05 bits per heavy atom. The van der Waals surface area contributed by atoms with E-state index in [4.69, 9.17) is 10.5 Å². The van der Waals surface area contributed by atoms with Gasteiger partial charge in [-0.25, -0.2) is 0 Å². The SMILES string of the molecule is NCC(=O)Nc1ccccc1OCc1ccccc1. The smallest absolute Gasteiger partial charge is 0.238 e. The van der Waals surface area contributed by atoms with Crippen molar-refractivity contribution in [3.05, 3.63) is 60.2 Å². The van der Waals surface area contributed by atoms with Crippen molar-refractivity contribution >= 4 is 11.6 Å². The summed E-state index contributed by atoms with van der Waals surface area (Å²) in [7, 11) is 0. The van der Waals surface area contributed by atoms with Crippen LogP contribution in [-0.4, -0.2) is 12.5 Å². The zero-order valence-corrected chi connectivity index (χ0v) is 10.5. The molecule has 0 heterocycles. The van der Waals surface area contributed by atoms with Crippen LogP contribution in [0.25, 0.3) is 0 Å². The van der Waals surface area contributed by atoms with Crippen LogP contribution < -0.4 is 15.8 Å². The van der Waals surface area contributed by atoms with Crippen LogP contribution in [0.15, 0.2) is 54.6 Å². The predicted octanol–water partition coefficient (Wildman–Crippen LogP) is 2.16. The molecule has 0 aromatic heterocycles. The van der Waals surface area contributed by atoms with E-state index in [1.54, 1.807) is 6.07 Å². The fourth-order valence-corrected chi connectivity index (χ4v) is 1.63. The second-order valence-corrected chi connectivity index (χ2v) is 4.02. The average molecular weight is 256 g/mol. The average Bonchev–Trinajstić information content (AvgIpc) is 2.47. The molecule has 0 saturated carbocycles. The first kappa shape index (κ1) is 13.1. The summed E-state index contributed by atoms with van der Waals surface area (Å²) in [6.07, 6.45) is 0. The van der Waals surface area contributed by atoms with Crippen LogP contribution in [0.4, 0.5) is 5.69 Å². The van der Waals surface area contributed by atoms with Gasteiger partial charge < -0.3 is 15.8 Å². The molecular formula is C15H16N2O2. The summed E-state index contributed by atoms with van der Waals surface area (Å²) < 4.78 is 5.71. The summed E-state index contributed by atoms with van der Waals surface area (Å²) in [6, 6.07) is 17.1. The van der Waals surface area contributed by atoms with E-state index < -0.39 is 0 Å². The first-order valence-electron chi connectivity index (χ1n) is 6.05. The Bertz CT molecular complexity index is 541. The van der Waals surface area contributed by atoms with E-state index >= 15 is 0 Å². The highest BCUT2D eigenvalue weighted by Crippen LogP contribution is 2.24. The van der Waals surface area contributed by atoms with Gasteiger partial charge in [0.1, 0.15) is 12.4 Å². The van der Waals surface area contributed by atoms with Crippen LogP contribution in [0.1, 0.15) is 5.56 Å². The van der Waals surface area contributed by atoms with Gasteiger partial charge in [-0.15, -0.1) is 0 Å². The van der Waals surface area contributed by atoms with Gasteiger partial charge >= 0.3 is 0 Å². The standard InChI is InChI=1S/C15H16N2O2/c16-10-15(18)17-13-8-4-5-9-14(13)19-11-12-6-2-1-3-7-12/h1-9H,10-11,16H2,(H,17,18). The molecule has 0 radical (unpaired) electrons. The van der Waals surface area contributed by atoms with Gasteiger partial charge in [-0.3, -0.25) is 4.79 Å². The number of para-hydroxylation sites is 2. The Balaban J connectivity index is 2.05. The molecule has 0 aliphatic carbocycles. The quantitative estimate of drug-likeness (QED) is 0.861. The first-order chi connectivity index (χ1) is 9.29. The normalized spacial score (nSPS) is 9.95. The van der Waals surface area contributed by atoms with Gasteiger partial charge in [0.25, 0.3) is 0 Å². The Morgan fingerprint density at radius 3 is 2.47 bits per heavy atom. The predicted molar refractivity (Wildman–Crippen MR) is 74.9 cm³/mol. The van der Waals surface area contributed by atoms with Crippen molar-refractivity contribution in [2.45, 2.75) is 6.61 Å². The topological polar surface area (TPSA) is 64.4 Å². The fraction of sp³-hybridized carbons (Fsp3) is 0.133. The molecule has 0 bridgehead atoms. The van der Waals surface area contributed by atoms with E-state index in [0.29, 0.717) is 18.0 Å². The number of nitrogens with two attached hydrogens (primary N) is 1. The van der Waals surface area contributed by atoms with E-state index in [1.165, 1.54) is 0 Å². The minimum absolute atomic E-state index is 0.0486. The zero-order chi connectivity index (χ0) is 13.5. The van der Waals surface area contributed by atoms with Crippen molar-refractivity contribution < 1.29 is 9.53 Å². The van der Waals surface area contributed by atoms with Gasteiger partial charge in [0, 0.05) is 0 Å². The molecule has 0 spiro atoms. The third-order valence-corrected chi connectivity index (χ3v) is 2.58. The lowest BCUT2D eigenvalue weighted by atomic mass is 10.2. The van der Waals surface area contributed by atoms with Crippen LogP contribution >= 0.6 is 0 Å². The van der Waals surface area contributed by atoms with Gasteiger partial charge in [-0.05, 0) is 17.7 Å². The molecular weight excluding hydrogens is 240 g/mol. The highest BCUT2D eigenvalue weighted by molar-refractivity contribution is 5.93. The summed E-state index contributed by atoms with van der Waals surface area (Å²) in [5.41, 5.74) is 6.99. The second-order valence-electron chi connectivity index (χ2n) is 4.02. The fourth-order valence-electron chi connectivity index (χ4n) is 1.63. The van der Waals surface area contributed by atoms with E-state index in [2.05, 4.69) is 5.32 Å². The Hall–Kier alpha value is -2.33. The molecule has 0 atom stereocenters. The third-order valence-electron chi connectivity index (χ3n) is 2.58. The van der Waals surface area contributed by atoms with Gasteiger partial charge in [-0.2, -0.15) is 0 Å². The minimum Gasteiger partial charge on any atom is -0.487 e. The van der Waals surface area contributed by atoms with Crippen molar-refractivity contribution in [3.63, 3.8) is 0 Å². The lowest BCUT2D eigenvalue weighted by Gasteiger charge is -2.12. The van der Waals surface area contributed by atoms with Crippen molar-refractivity contribution in [1.29, 1.82) is 0 Å². The number of rotatable bonds is 5. The summed E-state index contributed by atoms with van der Waals surface area (Å²) in [6.45, 7) is 0.406. The van der Waals surface area contributed by atoms with E-state index in [1.807, 2.05) is 48.5 Å². The van der Waals surface area contributed by atoms with Gasteiger partial charge in [0.05, 0.1) is 12.2 Å². The molecule has 4 nitrogen and oxygen atoms in total. The third kappa shape index (κ3) is 3.82. The molecule has 2 aromatic carbocycles. The number of carbonyl (C=O) groups is 1. The molecule has 3 N–H and O–H groups in total. The molecule has 0 fully saturated rings. The van der Waals surface area contributed by atoms with Gasteiger partial charge in [0.15, 0.2) is 0 Å². The number of amides is 1. The number of carbonyl (C=O) groups excluding carboxylic acids is 1. The second kappa shape index (κ2) is 6.56. The maximum absolute atomic E-state index is 11.3. The zero-order valence-electron chi connectivity index (χ0n) is 10.5. The number of benzene rings is 2. The molecule has 4 heteroatoms. The summed E-state index contributed by atoms with van der Waals surface area (Å²) in [5, 5.41) is 2.71. The minimum atomic E-state index is -0.240. The lowest BCUT2D eigenvalue weighted by Crippen LogP contribution is -2.22. The van der Waals surface area contributed by atoms with Crippen molar-refractivity contribution in [3.8, 4) is 5.75 Å². The van der Waals surface area contributed by atoms with Crippen molar-refractivity contribution in [2.75, 3.05) is 11.9 Å². The summed E-state index contributed by atoms with van der Waals surface area (Å²) in [5.74, 6) is 0.393. The van der Waals surface area contributed by atoms with Crippen molar-refractivity contribution in [1.82, 2.24) is 0 Å². The number of hydrogen-bond acceptors (Lipinski definition) is 3. The van der Waals surface area contributed by atoms with Gasteiger partial charge in [0.2, 0.25) is 5.91 Å². The Kier molecular flexibility index (Phi) is 4.53. The maximum Gasteiger partial charge on any atom is 0.238 e. The van der Waals surface area contributed by atoms with Crippen molar-refractivity contribution in [2.24, 2.45) is 5.73 Å². The number of ether oxygens (including phenoxy) is 1. The molecule has 98 valence electrons. The summed E-state index contributed by atoms with van der Waals surface area (Å²) in [4.78, 5) is 11.3. The number of nitrogens with one attached hydrogen (secondary N) is 1. The molecule has 2 rings (SSSR count).